The van der Waals surface area contributed by atoms with Crippen LogP contribution in [-0.4, -0.2) is 26.1 Å². The third kappa shape index (κ3) is 3.35. The molecule has 5 nitrogen and oxygen atoms in total. The third-order valence-corrected chi connectivity index (χ3v) is 6.95. The van der Waals surface area contributed by atoms with Crippen LogP contribution in [0.15, 0.2) is 30.5 Å². The first kappa shape index (κ1) is 19.4. The first-order valence-corrected chi connectivity index (χ1v) is 11.2. The van der Waals surface area contributed by atoms with Crippen LogP contribution >= 0.6 is 0 Å². The van der Waals surface area contributed by atoms with E-state index in [1.165, 1.54) is 22.4 Å². The van der Waals surface area contributed by atoms with Gasteiger partial charge >= 0.3 is 0 Å². The van der Waals surface area contributed by atoms with Crippen LogP contribution in [0, 0.1) is 5.92 Å². The molecule has 0 bridgehead atoms. The topological polar surface area (TPSA) is 55.1 Å². The molecule has 1 N–H and O–H groups in total. The van der Waals surface area contributed by atoms with Gasteiger partial charge in [0, 0.05) is 30.4 Å². The van der Waals surface area contributed by atoms with Crippen LogP contribution in [0.5, 0.6) is 0 Å². The van der Waals surface area contributed by atoms with E-state index in [1.807, 2.05) is 4.52 Å². The van der Waals surface area contributed by atoms with E-state index in [2.05, 4.69) is 69.6 Å². The molecule has 2 aliphatic rings. The fraction of sp³-hybridized carbons (Fsp3) is 0.480. The summed E-state index contributed by atoms with van der Waals surface area (Å²) in [6, 6.07) is 6.65. The molecule has 0 radical (unpaired) electrons. The van der Waals surface area contributed by atoms with Crippen molar-refractivity contribution in [1.29, 1.82) is 0 Å². The van der Waals surface area contributed by atoms with Gasteiger partial charge in [-0.15, -0.1) is 0 Å². The van der Waals surface area contributed by atoms with E-state index in [1.54, 1.807) is 0 Å². The summed E-state index contributed by atoms with van der Waals surface area (Å²) in [5.41, 5.74) is 7.19. The van der Waals surface area contributed by atoms with Crippen molar-refractivity contribution in [2.24, 2.45) is 5.92 Å². The fourth-order valence-electron chi connectivity index (χ4n) is 4.85. The molecule has 0 spiro atoms. The molecule has 2 atom stereocenters. The Morgan fingerprint density at radius 3 is 2.87 bits per heavy atom. The van der Waals surface area contributed by atoms with Crippen LogP contribution < -0.4 is 5.32 Å². The number of allylic oxidation sites excluding steroid dienone is 1. The summed E-state index contributed by atoms with van der Waals surface area (Å²) in [6.07, 6.45) is 10.4. The largest absolute Gasteiger partial charge is 0.306 e. The molecule has 0 saturated carbocycles. The van der Waals surface area contributed by atoms with E-state index in [0.29, 0.717) is 11.8 Å². The summed E-state index contributed by atoms with van der Waals surface area (Å²) >= 11 is 0. The number of aryl methyl sites for hydroxylation is 2. The molecule has 0 saturated heterocycles. The lowest BCUT2D eigenvalue weighted by Gasteiger charge is -2.33. The Kier molecular flexibility index (Phi) is 4.73. The molecule has 1 aliphatic carbocycles. The van der Waals surface area contributed by atoms with Crippen molar-refractivity contribution in [2.75, 3.05) is 6.54 Å². The van der Waals surface area contributed by atoms with Gasteiger partial charge in [-0.25, -0.2) is 9.50 Å². The molecule has 3 aromatic rings. The number of aromatic nitrogens is 4. The molecule has 1 aliphatic heterocycles. The van der Waals surface area contributed by atoms with E-state index in [-0.39, 0.29) is 5.54 Å². The highest BCUT2D eigenvalue weighted by atomic mass is 15.3. The number of nitrogens with one attached hydrogen (secondary N) is 1. The summed E-state index contributed by atoms with van der Waals surface area (Å²) in [5.74, 6) is 2.05. The number of hydrogen-bond donors (Lipinski definition) is 1. The normalized spacial score (nSPS) is 22.5. The van der Waals surface area contributed by atoms with Crippen molar-refractivity contribution < 1.29 is 0 Å². The van der Waals surface area contributed by atoms with E-state index >= 15 is 0 Å². The predicted octanol–water partition coefficient (Wildman–Crippen LogP) is 4.45. The SMILES string of the molecule is CC1CC=Cc2c(ccn3nc(CCc4ccc5c(n4)C(C)(C)NCC5)nc23)C1C. The van der Waals surface area contributed by atoms with Crippen LogP contribution in [0.4, 0.5) is 0 Å². The minimum Gasteiger partial charge on any atom is -0.306 e. The van der Waals surface area contributed by atoms with E-state index in [4.69, 9.17) is 15.1 Å². The molecular weight excluding hydrogens is 370 g/mol. The average Bonchev–Trinajstić information content (AvgIpc) is 3.09. The van der Waals surface area contributed by atoms with Crippen molar-refractivity contribution in [2.45, 2.75) is 64.8 Å². The second kappa shape index (κ2) is 7.31. The molecule has 156 valence electrons. The van der Waals surface area contributed by atoms with Crippen LogP contribution in [0.25, 0.3) is 11.7 Å². The Hall–Kier alpha value is -2.53. The van der Waals surface area contributed by atoms with Crippen molar-refractivity contribution in [3.63, 3.8) is 0 Å². The average molecular weight is 402 g/mol. The predicted molar refractivity (Wildman–Crippen MR) is 121 cm³/mol. The van der Waals surface area contributed by atoms with Crippen LogP contribution in [0.3, 0.4) is 0 Å². The van der Waals surface area contributed by atoms with E-state index < -0.39 is 0 Å². The van der Waals surface area contributed by atoms with Gasteiger partial charge in [0.1, 0.15) is 0 Å². The number of hydrogen-bond acceptors (Lipinski definition) is 4. The summed E-state index contributed by atoms with van der Waals surface area (Å²) in [5, 5.41) is 8.34. The monoisotopic (exact) mass is 401 g/mol. The highest BCUT2D eigenvalue weighted by Crippen LogP contribution is 2.34. The molecule has 2 unspecified atom stereocenters. The molecule has 0 amide bonds. The highest BCUT2D eigenvalue weighted by molar-refractivity contribution is 5.69. The number of nitrogens with zero attached hydrogens (tertiary/aromatic N) is 4. The molecular formula is C25H31N5. The quantitative estimate of drug-likeness (QED) is 0.705. The molecule has 3 aromatic heterocycles. The second-order valence-electron chi connectivity index (χ2n) is 9.50. The number of pyridine rings is 2. The van der Waals surface area contributed by atoms with Crippen LogP contribution in [0.2, 0.25) is 0 Å². The summed E-state index contributed by atoms with van der Waals surface area (Å²) in [4.78, 5) is 9.92. The van der Waals surface area contributed by atoms with Crippen molar-refractivity contribution in [3.8, 4) is 0 Å². The lowest BCUT2D eigenvalue weighted by molar-refractivity contribution is 0.369. The van der Waals surface area contributed by atoms with E-state index in [0.717, 1.165) is 49.4 Å². The van der Waals surface area contributed by atoms with Crippen molar-refractivity contribution >= 4 is 11.7 Å². The zero-order chi connectivity index (χ0) is 20.9. The van der Waals surface area contributed by atoms with Crippen molar-refractivity contribution in [3.05, 3.63) is 64.4 Å². The number of rotatable bonds is 3. The lowest BCUT2D eigenvalue weighted by Crippen LogP contribution is -2.43. The Balaban J connectivity index is 1.41. The van der Waals surface area contributed by atoms with Gasteiger partial charge in [0.2, 0.25) is 0 Å². The van der Waals surface area contributed by atoms with Crippen LogP contribution in [0.1, 0.15) is 73.9 Å². The maximum Gasteiger partial charge on any atom is 0.163 e. The summed E-state index contributed by atoms with van der Waals surface area (Å²) in [7, 11) is 0. The molecule has 0 fully saturated rings. The standard InChI is InChI=1S/C25H31N5/c1-16-6-5-7-21-20(17(16)2)13-15-30-24(21)28-22(29-30)11-10-19-9-8-18-12-14-26-25(3,4)23(18)27-19/h5,7-9,13,15-17,26H,6,10-12,14H2,1-4H3. The second-order valence-corrected chi connectivity index (χ2v) is 9.50. The van der Waals surface area contributed by atoms with Gasteiger partial charge in [-0.3, -0.25) is 4.98 Å². The maximum atomic E-state index is 5.00. The highest BCUT2D eigenvalue weighted by Gasteiger charge is 2.28. The Morgan fingerprint density at radius 1 is 1.13 bits per heavy atom. The van der Waals surface area contributed by atoms with Crippen molar-refractivity contribution in [1.82, 2.24) is 24.9 Å². The molecule has 0 aromatic carbocycles. The van der Waals surface area contributed by atoms with E-state index in [9.17, 15) is 0 Å². The smallest absolute Gasteiger partial charge is 0.163 e. The van der Waals surface area contributed by atoms with Gasteiger partial charge in [-0.05, 0) is 68.2 Å². The number of fused-ring (bicyclic) bond motifs is 4. The maximum absolute atomic E-state index is 5.00. The Bertz CT molecular complexity index is 1120. The van der Waals surface area contributed by atoms with Gasteiger partial charge < -0.3 is 5.32 Å². The summed E-state index contributed by atoms with van der Waals surface area (Å²) < 4.78 is 1.94. The summed E-state index contributed by atoms with van der Waals surface area (Å²) in [6.45, 7) is 10.1. The minimum atomic E-state index is -0.0668. The molecule has 5 rings (SSSR count). The minimum absolute atomic E-state index is 0.0668. The van der Waals surface area contributed by atoms with Gasteiger partial charge in [0.15, 0.2) is 11.5 Å². The Morgan fingerprint density at radius 2 is 2.00 bits per heavy atom. The Labute approximate surface area is 178 Å². The first-order chi connectivity index (χ1) is 14.4. The van der Waals surface area contributed by atoms with Gasteiger partial charge in [0.05, 0.1) is 11.2 Å². The lowest BCUT2D eigenvalue weighted by atomic mass is 9.87. The molecule has 30 heavy (non-hydrogen) atoms. The zero-order valence-corrected chi connectivity index (χ0v) is 18.4. The van der Waals surface area contributed by atoms with Crippen LogP contribution in [-0.2, 0) is 24.8 Å². The van der Waals surface area contributed by atoms with Gasteiger partial charge in [0.25, 0.3) is 0 Å². The third-order valence-electron chi connectivity index (χ3n) is 6.95. The fourth-order valence-corrected chi connectivity index (χ4v) is 4.85. The van der Waals surface area contributed by atoms with Gasteiger partial charge in [-0.1, -0.05) is 32.1 Å². The molecule has 5 heteroatoms. The first-order valence-electron chi connectivity index (χ1n) is 11.2. The van der Waals surface area contributed by atoms with Gasteiger partial charge in [-0.2, -0.15) is 5.10 Å². The zero-order valence-electron chi connectivity index (χ0n) is 18.4. The molecule has 4 heterocycles.